The van der Waals surface area contributed by atoms with Gasteiger partial charge in [-0.25, -0.2) is 0 Å². The lowest BCUT2D eigenvalue weighted by atomic mass is 9.46. The van der Waals surface area contributed by atoms with Gasteiger partial charge in [0.2, 0.25) is 5.91 Å². The van der Waals surface area contributed by atoms with Crippen LogP contribution in [-0.2, 0) is 9.53 Å². The number of nitrogens with two attached hydrogens (primary N) is 1. The highest BCUT2D eigenvalue weighted by Crippen LogP contribution is 2.57. The number of hydrogen-bond acceptors (Lipinski definition) is 4. The van der Waals surface area contributed by atoms with Crippen molar-refractivity contribution in [1.82, 2.24) is 10.2 Å². The molecule has 0 radical (unpaired) electrons. The standard InChI is InChI=1S/C17H31N3O2.2ClH/c1-4-20-8-7-12(11-20)10-19-15(21)17(18)13-6-5-9-22-14(13)16(17,2)3;;/h12-14H,4-11,18H2,1-3H3,(H,19,21);2*1H. The van der Waals surface area contributed by atoms with Crippen molar-refractivity contribution in [2.45, 2.75) is 51.7 Å². The molecule has 3 aliphatic rings. The number of halogens is 2. The molecule has 0 aromatic heterocycles. The van der Waals surface area contributed by atoms with Gasteiger partial charge in [-0.15, -0.1) is 24.8 Å². The van der Waals surface area contributed by atoms with Gasteiger partial charge in [0.15, 0.2) is 0 Å². The van der Waals surface area contributed by atoms with E-state index in [0.717, 1.165) is 45.6 Å². The molecule has 0 aromatic carbocycles. The van der Waals surface area contributed by atoms with E-state index < -0.39 is 5.54 Å². The number of carbonyl (C=O) groups is 1. The molecular formula is C17H33Cl2N3O2. The second-order valence-electron chi connectivity index (χ2n) is 7.89. The van der Waals surface area contributed by atoms with Gasteiger partial charge in [-0.05, 0) is 38.3 Å². The monoisotopic (exact) mass is 381 g/mol. The number of fused-ring (bicyclic) bond motifs is 1. The first kappa shape index (κ1) is 22.0. The smallest absolute Gasteiger partial charge is 0.241 e. The number of likely N-dealkylation sites (tertiary alicyclic amines) is 1. The van der Waals surface area contributed by atoms with E-state index in [2.05, 4.69) is 31.0 Å². The molecule has 142 valence electrons. The van der Waals surface area contributed by atoms with Crippen LogP contribution in [0.3, 0.4) is 0 Å². The molecular weight excluding hydrogens is 349 g/mol. The Balaban J connectivity index is 0.00000144. The predicted octanol–water partition coefficient (Wildman–Crippen LogP) is 1.82. The van der Waals surface area contributed by atoms with Gasteiger partial charge in [0, 0.05) is 31.0 Å². The molecule has 4 unspecified atom stereocenters. The zero-order valence-corrected chi connectivity index (χ0v) is 16.7. The minimum Gasteiger partial charge on any atom is -0.377 e. The zero-order chi connectivity index (χ0) is 16.0. The Labute approximate surface area is 158 Å². The fourth-order valence-corrected chi connectivity index (χ4v) is 4.79. The summed E-state index contributed by atoms with van der Waals surface area (Å²) in [5.74, 6) is 0.764. The summed E-state index contributed by atoms with van der Waals surface area (Å²) in [7, 11) is 0. The van der Waals surface area contributed by atoms with Gasteiger partial charge in [0.1, 0.15) is 5.54 Å². The van der Waals surface area contributed by atoms with Crippen molar-refractivity contribution in [2.24, 2.45) is 23.0 Å². The summed E-state index contributed by atoms with van der Waals surface area (Å²) in [6.45, 7) is 11.2. The fraction of sp³-hybridized carbons (Fsp3) is 0.941. The highest BCUT2D eigenvalue weighted by atomic mass is 35.5. The van der Waals surface area contributed by atoms with Crippen molar-refractivity contribution >= 4 is 30.7 Å². The Hall–Kier alpha value is -0.0700. The molecule has 0 aromatic rings. The van der Waals surface area contributed by atoms with Crippen LogP contribution in [-0.4, -0.2) is 55.2 Å². The lowest BCUT2D eigenvalue weighted by Gasteiger charge is -2.65. The van der Waals surface area contributed by atoms with Crippen molar-refractivity contribution in [1.29, 1.82) is 0 Å². The Kier molecular flexibility index (Phi) is 7.40. The third-order valence-electron chi connectivity index (χ3n) is 6.43. The van der Waals surface area contributed by atoms with E-state index in [1.165, 1.54) is 6.42 Å². The molecule has 1 saturated carbocycles. The topological polar surface area (TPSA) is 67.6 Å². The maximum atomic E-state index is 12.8. The third-order valence-corrected chi connectivity index (χ3v) is 6.43. The lowest BCUT2D eigenvalue weighted by molar-refractivity contribution is -0.225. The van der Waals surface area contributed by atoms with Crippen LogP contribution in [0, 0.1) is 17.3 Å². The molecule has 3 fully saturated rings. The van der Waals surface area contributed by atoms with Gasteiger partial charge in [0.05, 0.1) is 6.10 Å². The van der Waals surface area contributed by atoms with Gasteiger partial charge in [-0.3, -0.25) is 4.79 Å². The summed E-state index contributed by atoms with van der Waals surface area (Å²) in [5.41, 5.74) is 5.55. The number of ether oxygens (including phenoxy) is 1. The number of nitrogens with zero attached hydrogens (tertiary/aromatic N) is 1. The Morgan fingerprint density at radius 2 is 2.04 bits per heavy atom. The van der Waals surface area contributed by atoms with Crippen molar-refractivity contribution in [3.05, 3.63) is 0 Å². The van der Waals surface area contributed by atoms with E-state index in [0.29, 0.717) is 5.92 Å². The summed E-state index contributed by atoms with van der Waals surface area (Å²) in [6.07, 6.45) is 3.33. The molecule has 0 spiro atoms. The van der Waals surface area contributed by atoms with Crippen LogP contribution in [0.5, 0.6) is 0 Å². The fourth-order valence-electron chi connectivity index (χ4n) is 4.79. The van der Waals surface area contributed by atoms with Crippen LogP contribution < -0.4 is 11.1 Å². The maximum absolute atomic E-state index is 12.8. The maximum Gasteiger partial charge on any atom is 0.241 e. The van der Waals surface area contributed by atoms with Crippen LogP contribution >= 0.6 is 24.8 Å². The van der Waals surface area contributed by atoms with Gasteiger partial charge < -0.3 is 20.7 Å². The normalized spacial score (nSPS) is 37.4. The molecule has 2 aliphatic heterocycles. The van der Waals surface area contributed by atoms with Crippen LogP contribution in [0.25, 0.3) is 0 Å². The molecule has 1 aliphatic carbocycles. The summed E-state index contributed by atoms with van der Waals surface area (Å²) in [4.78, 5) is 15.3. The van der Waals surface area contributed by atoms with Gasteiger partial charge >= 0.3 is 0 Å². The lowest BCUT2D eigenvalue weighted by Crippen LogP contribution is -2.82. The largest absolute Gasteiger partial charge is 0.377 e. The molecule has 24 heavy (non-hydrogen) atoms. The molecule has 2 saturated heterocycles. The Bertz CT molecular complexity index is 450. The first-order valence-corrected chi connectivity index (χ1v) is 8.82. The van der Waals surface area contributed by atoms with E-state index >= 15 is 0 Å². The summed E-state index contributed by atoms with van der Waals surface area (Å²) in [6, 6.07) is 0. The first-order chi connectivity index (χ1) is 10.4. The molecule has 4 atom stereocenters. The van der Waals surface area contributed by atoms with E-state index in [4.69, 9.17) is 10.5 Å². The van der Waals surface area contributed by atoms with E-state index in [1.807, 2.05) is 0 Å². The quantitative estimate of drug-likeness (QED) is 0.779. The molecule has 3 N–H and O–H groups in total. The number of nitrogens with one attached hydrogen (secondary N) is 1. The van der Waals surface area contributed by atoms with Gasteiger partial charge in [0.25, 0.3) is 0 Å². The van der Waals surface area contributed by atoms with Crippen LogP contribution in [0.2, 0.25) is 0 Å². The number of carbonyl (C=O) groups excluding carboxylic acids is 1. The average molecular weight is 382 g/mol. The minimum atomic E-state index is -0.777. The van der Waals surface area contributed by atoms with Crippen molar-refractivity contribution < 1.29 is 9.53 Å². The van der Waals surface area contributed by atoms with Gasteiger partial charge in [-0.1, -0.05) is 20.8 Å². The highest BCUT2D eigenvalue weighted by Gasteiger charge is 2.70. The minimum absolute atomic E-state index is 0. The molecule has 2 heterocycles. The SMILES string of the molecule is CCN1CCC(CNC(=O)C2(N)C3CCCOC3C2(C)C)C1.Cl.Cl. The molecule has 0 bridgehead atoms. The summed E-state index contributed by atoms with van der Waals surface area (Å²) < 4.78 is 5.88. The average Bonchev–Trinajstić information content (AvgIpc) is 2.99. The van der Waals surface area contributed by atoms with Crippen molar-refractivity contribution in [3.63, 3.8) is 0 Å². The first-order valence-electron chi connectivity index (χ1n) is 8.82. The third kappa shape index (κ3) is 3.30. The van der Waals surface area contributed by atoms with Crippen molar-refractivity contribution in [2.75, 3.05) is 32.8 Å². The summed E-state index contributed by atoms with van der Waals surface area (Å²) in [5, 5.41) is 3.15. The summed E-state index contributed by atoms with van der Waals surface area (Å²) >= 11 is 0. The molecule has 1 amide bonds. The number of amides is 1. The van der Waals surface area contributed by atoms with Crippen LogP contribution in [0.4, 0.5) is 0 Å². The van der Waals surface area contributed by atoms with Crippen LogP contribution in [0.15, 0.2) is 0 Å². The molecule has 5 nitrogen and oxygen atoms in total. The molecule has 7 heteroatoms. The predicted molar refractivity (Wildman–Crippen MR) is 101 cm³/mol. The highest BCUT2D eigenvalue weighted by molar-refractivity contribution is 5.89. The second-order valence-corrected chi connectivity index (χ2v) is 7.89. The second kappa shape index (κ2) is 8.09. The zero-order valence-electron chi connectivity index (χ0n) is 15.0. The van der Waals surface area contributed by atoms with E-state index in [-0.39, 0.29) is 48.2 Å². The van der Waals surface area contributed by atoms with Crippen LogP contribution in [0.1, 0.15) is 40.0 Å². The van der Waals surface area contributed by atoms with Crippen molar-refractivity contribution in [3.8, 4) is 0 Å². The Morgan fingerprint density at radius 1 is 1.33 bits per heavy atom. The number of rotatable bonds is 4. The Morgan fingerprint density at radius 3 is 2.67 bits per heavy atom. The van der Waals surface area contributed by atoms with E-state index in [1.54, 1.807) is 0 Å². The molecule has 3 rings (SSSR count). The number of hydrogen-bond donors (Lipinski definition) is 2. The van der Waals surface area contributed by atoms with E-state index in [9.17, 15) is 4.79 Å². The van der Waals surface area contributed by atoms with Gasteiger partial charge in [-0.2, -0.15) is 0 Å².